The van der Waals surface area contributed by atoms with Crippen LogP contribution in [0, 0.1) is 6.92 Å². The Bertz CT molecular complexity index is 1220. The van der Waals surface area contributed by atoms with Gasteiger partial charge in [-0.3, -0.25) is 9.36 Å². The van der Waals surface area contributed by atoms with Crippen LogP contribution in [0.2, 0.25) is 0 Å². The fraction of sp³-hybridized carbons (Fsp3) is 0.133. The Hall–Kier alpha value is -2.17. The fourth-order valence-electron chi connectivity index (χ4n) is 2.43. The Morgan fingerprint density at radius 3 is 2.80 bits per heavy atom. The standard InChI is InChI=1S/C15H10BrN5O2S2/c1-6-19-20-14(24-6)18-15-21(2)13(23)11(25-15)10-8-5-7(16)3-4-9(8)17-12(10)22/h3-5,23H,1-2H3/b18-15+. The number of nitrogens with zero attached hydrogens (tertiary/aromatic N) is 5. The Labute approximate surface area is 157 Å². The lowest BCUT2D eigenvalue weighted by Gasteiger charge is -1.98. The van der Waals surface area contributed by atoms with Gasteiger partial charge in [0.1, 0.15) is 9.88 Å². The van der Waals surface area contributed by atoms with Crippen LogP contribution < -0.4 is 15.4 Å². The van der Waals surface area contributed by atoms with Crippen LogP contribution in [0.15, 0.2) is 32.7 Å². The van der Waals surface area contributed by atoms with Crippen LogP contribution >= 0.6 is 38.6 Å². The number of carbonyl (C=O) groups is 1. The maximum atomic E-state index is 12.4. The summed E-state index contributed by atoms with van der Waals surface area (Å²) in [5, 5.41) is 21.0. The topological polar surface area (TPSA) is 92.7 Å². The molecule has 1 amide bonds. The molecule has 1 aromatic carbocycles. The van der Waals surface area contributed by atoms with Gasteiger partial charge < -0.3 is 5.11 Å². The van der Waals surface area contributed by atoms with Crippen molar-refractivity contribution in [3.05, 3.63) is 47.9 Å². The van der Waals surface area contributed by atoms with E-state index in [1.54, 1.807) is 13.1 Å². The summed E-state index contributed by atoms with van der Waals surface area (Å²) in [5.41, 5.74) is 0.379. The van der Waals surface area contributed by atoms with Crippen LogP contribution in [-0.2, 0) is 11.8 Å². The molecule has 126 valence electrons. The van der Waals surface area contributed by atoms with E-state index >= 15 is 0 Å². The number of fused-ring (bicyclic) bond motifs is 1. The van der Waals surface area contributed by atoms with E-state index in [2.05, 4.69) is 36.1 Å². The van der Waals surface area contributed by atoms with Gasteiger partial charge in [-0.2, -0.15) is 4.99 Å². The van der Waals surface area contributed by atoms with Gasteiger partial charge in [0, 0.05) is 16.7 Å². The predicted molar refractivity (Wildman–Crippen MR) is 97.3 cm³/mol. The first-order valence-corrected chi connectivity index (χ1v) is 9.53. The first-order chi connectivity index (χ1) is 11.9. The summed E-state index contributed by atoms with van der Waals surface area (Å²) in [7, 11) is 1.68. The van der Waals surface area contributed by atoms with Crippen molar-refractivity contribution in [3.63, 3.8) is 0 Å². The third-order valence-corrected chi connectivity index (χ3v) is 5.96. The summed E-state index contributed by atoms with van der Waals surface area (Å²) in [6, 6.07) is 5.42. The van der Waals surface area contributed by atoms with Gasteiger partial charge in [0.05, 0.1) is 10.9 Å². The minimum absolute atomic E-state index is 0.0311. The second-order valence-electron chi connectivity index (χ2n) is 5.27. The van der Waals surface area contributed by atoms with E-state index < -0.39 is 0 Å². The van der Waals surface area contributed by atoms with E-state index in [0.717, 1.165) is 9.48 Å². The smallest absolute Gasteiger partial charge is 0.279 e. The molecular weight excluding hydrogens is 426 g/mol. The van der Waals surface area contributed by atoms with Gasteiger partial charge >= 0.3 is 0 Å². The molecule has 0 aliphatic carbocycles. The van der Waals surface area contributed by atoms with Crippen molar-refractivity contribution in [3.8, 4) is 5.88 Å². The lowest BCUT2D eigenvalue weighted by molar-refractivity contribution is -0.112. The van der Waals surface area contributed by atoms with Crippen molar-refractivity contribution in [2.24, 2.45) is 17.0 Å². The van der Waals surface area contributed by atoms with Gasteiger partial charge in [0.15, 0.2) is 4.80 Å². The number of rotatable bonds is 2. The maximum absolute atomic E-state index is 12.4. The van der Waals surface area contributed by atoms with Gasteiger partial charge in [-0.15, -0.1) is 10.2 Å². The molecule has 1 aliphatic rings. The van der Waals surface area contributed by atoms with Crippen LogP contribution in [0.1, 0.15) is 9.88 Å². The molecule has 0 fully saturated rings. The molecule has 3 aromatic rings. The second-order valence-corrected chi connectivity index (χ2v) is 8.32. The molecule has 0 bridgehead atoms. The highest BCUT2D eigenvalue weighted by Crippen LogP contribution is 2.28. The zero-order valence-corrected chi connectivity index (χ0v) is 16.2. The monoisotopic (exact) mass is 435 g/mol. The van der Waals surface area contributed by atoms with Gasteiger partial charge in [0.25, 0.3) is 5.91 Å². The van der Waals surface area contributed by atoms with Crippen molar-refractivity contribution in [1.29, 1.82) is 0 Å². The largest absolute Gasteiger partial charge is 0.493 e. The summed E-state index contributed by atoms with van der Waals surface area (Å²) in [4.78, 5) is 21.8. The number of thiazole rings is 1. The van der Waals surface area contributed by atoms with Crippen LogP contribution in [0.25, 0.3) is 5.57 Å². The second kappa shape index (κ2) is 5.97. The summed E-state index contributed by atoms with van der Waals surface area (Å²) in [6.07, 6.45) is 0. The van der Waals surface area contributed by atoms with E-state index in [-0.39, 0.29) is 11.8 Å². The van der Waals surface area contributed by atoms with E-state index in [1.165, 1.54) is 27.2 Å². The molecule has 4 rings (SSSR count). The Morgan fingerprint density at radius 2 is 2.08 bits per heavy atom. The van der Waals surface area contributed by atoms with Crippen molar-refractivity contribution >= 4 is 55.2 Å². The summed E-state index contributed by atoms with van der Waals surface area (Å²) in [6.45, 7) is 1.84. The number of benzene rings is 1. The molecule has 0 atom stereocenters. The van der Waals surface area contributed by atoms with Crippen LogP contribution in [0.3, 0.4) is 0 Å². The minimum Gasteiger partial charge on any atom is -0.493 e. The quantitative estimate of drug-likeness (QED) is 0.656. The predicted octanol–water partition coefficient (Wildman–Crippen LogP) is 1.31. The number of hydrogen-bond donors (Lipinski definition) is 1. The molecule has 1 aliphatic heterocycles. The Morgan fingerprint density at radius 1 is 1.28 bits per heavy atom. The molecule has 0 spiro atoms. The van der Waals surface area contributed by atoms with E-state index in [9.17, 15) is 9.90 Å². The number of aromatic hydroxyl groups is 1. The number of aryl methyl sites for hydroxylation is 1. The molecule has 2 aromatic heterocycles. The van der Waals surface area contributed by atoms with Crippen LogP contribution in [0.5, 0.6) is 5.88 Å². The zero-order chi connectivity index (χ0) is 17.7. The molecular formula is C15H10BrN5O2S2. The average molecular weight is 436 g/mol. The van der Waals surface area contributed by atoms with Crippen LogP contribution in [-0.4, -0.2) is 25.8 Å². The molecule has 25 heavy (non-hydrogen) atoms. The molecule has 10 heteroatoms. The highest BCUT2D eigenvalue weighted by atomic mass is 79.9. The molecule has 1 N–H and O–H groups in total. The fourth-order valence-corrected chi connectivity index (χ4v) is 4.47. The van der Waals surface area contributed by atoms with Crippen LogP contribution in [0.4, 0.5) is 5.13 Å². The van der Waals surface area contributed by atoms with Gasteiger partial charge in [-0.25, -0.2) is 4.99 Å². The van der Waals surface area contributed by atoms with Crippen molar-refractivity contribution in [1.82, 2.24) is 14.8 Å². The third kappa shape index (κ3) is 2.75. The Balaban J connectivity index is 1.98. The highest BCUT2D eigenvalue weighted by Gasteiger charge is 2.25. The first kappa shape index (κ1) is 16.3. The summed E-state index contributed by atoms with van der Waals surface area (Å²) < 4.78 is 2.36. The summed E-state index contributed by atoms with van der Waals surface area (Å²) >= 11 is 5.97. The number of aromatic nitrogens is 3. The maximum Gasteiger partial charge on any atom is 0.279 e. The van der Waals surface area contributed by atoms with Crippen molar-refractivity contribution in [2.75, 3.05) is 0 Å². The average Bonchev–Trinajstić information content (AvgIpc) is 3.19. The van der Waals surface area contributed by atoms with E-state index in [4.69, 9.17) is 0 Å². The highest BCUT2D eigenvalue weighted by molar-refractivity contribution is 9.10. The Kier molecular flexibility index (Phi) is 3.89. The zero-order valence-electron chi connectivity index (χ0n) is 13.0. The molecule has 0 unspecified atom stereocenters. The van der Waals surface area contributed by atoms with Crippen molar-refractivity contribution in [2.45, 2.75) is 6.92 Å². The first-order valence-electron chi connectivity index (χ1n) is 7.11. The minimum atomic E-state index is -0.372. The van der Waals surface area contributed by atoms with Crippen molar-refractivity contribution < 1.29 is 9.90 Å². The number of carbonyl (C=O) groups excluding carboxylic acids is 1. The molecule has 0 saturated heterocycles. The lowest BCUT2D eigenvalue weighted by Crippen LogP contribution is -2.22. The SMILES string of the molecule is Cc1nnc(/N=c2/sc(C3=c4cc(Br)ccc4=NC3=O)c(O)n2C)s1. The van der Waals surface area contributed by atoms with E-state index in [1.807, 2.05) is 19.1 Å². The molecule has 7 nitrogen and oxygen atoms in total. The van der Waals surface area contributed by atoms with Gasteiger partial charge in [-0.05, 0) is 25.1 Å². The van der Waals surface area contributed by atoms with Gasteiger partial charge in [-0.1, -0.05) is 38.6 Å². The molecule has 3 heterocycles. The molecule has 0 saturated carbocycles. The number of halogens is 1. The van der Waals surface area contributed by atoms with Gasteiger partial charge in [0.2, 0.25) is 11.0 Å². The normalized spacial score (nSPS) is 14.1. The summed E-state index contributed by atoms with van der Waals surface area (Å²) in [5.74, 6) is -0.403. The molecule has 0 radical (unpaired) electrons. The lowest BCUT2D eigenvalue weighted by atomic mass is 10.1. The number of hydrogen-bond acceptors (Lipinski definition) is 7. The third-order valence-electron chi connectivity index (χ3n) is 3.60. The van der Waals surface area contributed by atoms with E-state index in [0.29, 0.717) is 31.0 Å². The number of amides is 1.